The van der Waals surface area contributed by atoms with Gasteiger partial charge in [0.15, 0.2) is 5.76 Å². The van der Waals surface area contributed by atoms with Crippen LogP contribution in [0.1, 0.15) is 47.9 Å². The quantitative estimate of drug-likeness (QED) is 0.470. The normalized spacial score (nSPS) is 16.8. The maximum atomic E-state index is 13.8. The van der Waals surface area contributed by atoms with Crippen LogP contribution in [-0.4, -0.2) is 46.8 Å². The maximum absolute atomic E-state index is 13.8. The summed E-state index contributed by atoms with van der Waals surface area (Å²) in [5.74, 6) is -0.206. The lowest BCUT2D eigenvalue weighted by Crippen LogP contribution is -2.46. The van der Waals surface area contributed by atoms with Crippen LogP contribution >= 0.6 is 0 Å². The van der Waals surface area contributed by atoms with Crippen molar-refractivity contribution in [3.63, 3.8) is 0 Å². The summed E-state index contributed by atoms with van der Waals surface area (Å²) < 4.78 is 33.2. The molecule has 0 radical (unpaired) electrons. The van der Waals surface area contributed by atoms with Gasteiger partial charge in [-0.15, -0.1) is 0 Å². The predicted octanol–water partition coefficient (Wildman–Crippen LogP) is 3.88. The highest BCUT2D eigenvalue weighted by Crippen LogP contribution is 2.29. The minimum Gasteiger partial charge on any atom is -0.360 e. The lowest BCUT2D eigenvalue weighted by Gasteiger charge is -2.34. The van der Waals surface area contributed by atoms with Gasteiger partial charge in [0.05, 0.1) is 5.92 Å². The van der Waals surface area contributed by atoms with Crippen molar-refractivity contribution in [3.05, 3.63) is 76.9 Å². The molecule has 0 spiro atoms. The number of pyridine rings is 1. The highest BCUT2D eigenvalue weighted by Gasteiger charge is 2.37. The minimum absolute atomic E-state index is 0.0490. The Hall–Kier alpha value is -3.04. The predicted molar refractivity (Wildman–Crippen MR) is 132 cm³/mol. The van der Waals surface area contributed by atoms with Crippen molar-refractivity contribution < 1.29 is 17.7 Å². The molecule has 8 nitrogen and oxygen atoms in total. The molecule has 1 amide bonds. The van der Waals surface area contributed by atoms with Gasteiger partial charge in [-0.3, -0.25) is 9.78 Å². The van der Waals surface area contributed by atoms with Crippen molar-refractivity contribution in [2.24, 2.45) is 5.92 Å². The molecule has 35 heavy (non-hydrogen) atoms. The van der Waals surface area contributed by atoms with E-state index in [0.29, 0.717) is 38.2 Å². The van der Waals surface area contributed by atoms with Gasteiger partial charge in [-0.25, -0.2) is 8.42 Å². The van der Waals surface area contributed by atoms with Gasteiger partial charge in [0.2, 0.25) is 15.9 Å². The van der Waals surface area contributed by atoms with Crippen LogP contribution < -0.4 is 0 Å². The molecule has 1 atom stereocenters. The summed E-state index contributed by atoms with van der Waals surface area (Å²) in [5, 5.41) is 3.80. The van der Waals surface area contributed by atoms with E-state index in [0.717, 1.165) is 17.5 Å². The number of benzene rings is 1. The Morgan fingerprint density at radius 1 is 1.11 bits per heavy atom. The zero-order valence-electron chi connectivity index (χ0n) is 20.5. The topological polar surface area (TPSA) is 96.6 Å². The standard InChI is InChI=1S/C26H32N4O4S/c1-4-21-9-11-22(12-10-21)16-29(17-23-7-5-13-27-15-23)26(31)24-8-6-14-30(18-24)35(32,33)25-19(2)28-34-20(25)3/h5,7,9-13,15,24H,4,6,8,14,16-18H2,1-3H3. The Bertz CT molecular complexity index is 1240. The Labute approximate surface area is 207 Å². The molecular formula is C26H32N4O4S. The molecule has 0 N–H and O–H groups in total. The van der Waals surface area contributed by atoms with Gasteiger partial charge in [0, 0.05) is 38.6 Å². The zero-order valence-corrected chi connectivity index (χ0v) is 21.3. The summed E-state index contributed by atoms with van der Waals surface area (Å²) in [7, 11) is -3.80. The number of carbonyl (C=O) groups excluding carboxylic acids is 1. The van der Waals surface area contributed by atoms with Crippen molar-refractivity contribution >= 4 is 15.9 Å². The molecule has 0 saturated carbocycles. The van der Waals surface area contributed by atoms with E-state index in [9.17, 15) is 13.2 Å². The van der Waals surface area contributed by atoms with Gasteiger partial charge >= 0.3 is 0 Å². The Morgan fingerprint density at radius 3 is 2.46 bits per heavy atom. The summed E-state index contributed by atoms with van der Waals surface area (Å²) in [5.41, 5.74) is 3.55. The van der Waals surface area contributed by atoms with E-state index in [1.54, 1.807) is 26.2 Å². The number of aryl methyl sites for hydroxylation is 3. The Morgan fingerprint density at radius 2 is 1.83 bits per heavy atom. The van der Waals surface area contributed by atoms with E-state index in [2.05, 4.69) is 41.3 Å². The van der Waals surface area contributed by atoms with Crippen LogP contribution in [0.2, 0.25) is 0 Å². The summed E-state index contributed by atoms with van der Waals surface area (Å²) >= 11 is 0. The fourth-order valence-electron chi connectivity index (χ4n) is 4.62. The van der Waals surface area contributed by atoms with Gasteiger partial charge in [-0.1, -0.05) is 42.4 Å². The molecule has 3 aromatic rings. The fourth-order valence-corrected chi connectivity index (χ4v) is 6.43. The second-order valence-corrected chi connectivity index (χ2v) is 11.0. The lowest BCUT2D eigenvalue weighted by atomic mass is 9.97. The number of amides is 1. The smallest absolute Gasteiger partial charge is 0.248 e. The number of nitrogens with zero attached hydrogens (tertiary/aromatic N) is 4. The first-order valence-electron chi connectivity index (χ1n) is 12.0. The van der Waals surface area contributed by atoms with Crippen LogP contribution in [-0.2, 0) is 34.3 Å². The van der Waals surface area contributed by atoms with Crippen LogP contribution in [0.3, 0.4) is 0 Å². The monoisotopic (exact) mass is 496 g/mol. The SMILES string of the molecule is CCc1ccc(CN(Cc2cccnc2)C(=O)C2CCCN(S(=O)(=O)c3c(C)noc3C)C2)cc1. The maximum Gasteiger partial charge on any atom is 0.248 e. The molecule has 1 aliphatic rings. The van der Waals surface area contributed by atoms with Crippen molar-refractivity contribution in [2.45, 2.75) is 58.0 Å². The number of aromatic nitrogens is 2. The molecule has 1 fully saturated rings. The first-order chi connectivity index (χ1) is 16.8. The zero-order chi connectivity index (χ0) is 25.0. The third-order valence-corrected chi connectivity index (χ3v) is 8.62. The molecule has 1 aromatic carbocycles. The van der Waals surface area contributed by atoms with Crippen molar-refractivity contribution in [2.75, 3.05) is 13.1 Å². The molecule has 0 aliphatic carbocycles. The van der Waals surface area contributed by atoms with Crippen LogP contribution in [0.5, 0.6) is 0 Å². The number of sulfonamides is 1. The minimum atomic E-state index is -3.80. The average Bonchev–Trinajstić information content (AvgIpc) is 3.22. The Kier molecular flexibility index (Phi) is 7.66. The molecule has 1 aliphatic heterocycles. The number of hydrogen-bond acceptors (Lipinski definition) is 6. The average molecular weight is 497 g/mol. The van der Waals surface area contributed by atoms with E-state index in [-0.39, 0.29) is 23.1 Å². The molecule has 4 rings (SSSR count). The number of hydrogen-bond donors (Lipinski definition) is 0. The fraction of sp³-hybridized carbons (Fsp3) is 0.423. The largest absolute Gasteiger partial charge is 0.360 e. The second kappa shape index (κ2) is 10.7. The number of piperidine rings is 1. The van der Waals surface area contributed by atoms with E-state index in [1.165, 1.54) is 9.87 Å². The van der Waals surface area contributed by atoms with Gasteiger partial charge in [-0.2, -0.15) is 4.31 Å². The highest BCUT2D eigenvalue weighted by atomic mass is 32.2. The van der Waals surface area contributed by atoms with Crippen LogP contribution in [0.4, 0.5) is 0 Å². The second-order valence-electron chi connectivity index (χ2n) is 9.08. The molecule has 2 aromatic heterocycles. The molecule has 186 valence electrons. The lowest BCUT2D eigenvalue weighted by molar-refractivity contribution is -0.138. The third kappa shape index (κ3) is 5.62. The van der Waals surface area contributed by atoms with Crippen molar-refractivity contribution in [1.29, 1.82) is 0 Å². The van der Waals surface area contributed by atoms with Crippen molar-refractivity contribution in [3.8, 4) is 0 Å². The van der Waals surface area contributed by atoms with Crippen LogP contribution in [0.25, 0.3) is 0 Å². The number of rotatable bonds is 8. The van der Waals surface area contributed by atoms with E-state index >= 15 is 0 Å². The van der Waals surface area contributed by atoms with Gasteiger partial charge < -0.3 is 9.42 Å². The first-order valence-corrected chi connectivity index (χ1v) is 13.4. The number of carbonyl (C=O) groups is 1. The molecule has 0 bridgehead atoms. The summed E-state index contributed by atoms with van der Waals surface area (Å²) in [6, 6.07) is 12.1. The summed E-state index contributed by atoms with van der Waals surface area (Å²) in [6.45, 7) is 6.70. The third-order valence-electron chi connectivity index (χ3n) is 6.51. The van der Waals surface area contributed by atoms with Gasteiger partial charge in [-0.05, 0) is 55.9 Å². The van der Waals surface area contributed by atoms with Gasteiger partial charge in [0.1, 0.15) is 10.6 Å². The molecule has 1 unspecified atom stereocenters. The van der Waals surface area contributed by atoms with Crippen LogP contribution in [0, 0.1) is 19.8 Å². The van der Waals surface area contributed by atoms with E-state index < -0.39 is 15.9 Å². The van der Waals surface area contributed by atoms with E-state index in [1.807, 2.05) is 17.0 Å². The highest BCUT2D eigenvalue weighted by molar-refractivity contribution is 7.89. The van der Waals surface area contributed by atoms with Crippen molar-refractivity contribution in [1.82, 2.24) is 19.3 Å². The summed E-state index contributed by atoms with van der Waals surface area (Å²) in [4.78, 5) is 19.9. The van der Waals surface area contributed by atoms with Gasteiger partial charge in [0.25, 0.3) is 0 Å². The molecular weight excluding hydrogens is 464 g/mol. The molecule has 3 heterocycles. The molecule has 1 saturated heterocycles. The Balaban J connectivity index is 1.56. The molecule has 9 heteroatoms. The van der Waals surface area contributed by atoms with Crippen LogP contribution in [0.15, 0.2) is 58.2 Å². The first kappa shape index (κ1) is 25.1. The van der Waals surface area contributed by atoms with E-state index in [4.69, 9.17) is 4.52 Å². The summed E-state index contributed by atoms with van der Waals surface area (Å²) in [6.07, 6.45) is 5.68.